The summed E-state index contributed by atoms with van der Waals surface area (Å²) in [5.74, 6) is 0.519. The van der Waals surface area contributed by atoms with Gasteiger partial charge in [-0.25, -0.2) is 0 Å². The van der Waals surface area contributed by atoms with Gasteiger partial charge >= 0.3 is 0 Å². The van der Waals surface area contributed by atoms with Crippen molar-refractivity contribution in [3.05, 3.63) is 0 Å². The molecule has 1 heterocycles. The Morgan fingerprint density at radius 1 is 1.45 bits per heavy atom. The van der Waals surface area contributed by atoms with Crippen molar-refractivity contribution < 1.29 is 4.79 Å². The lowest BCUT2D eigenvalue weighted by Gasteiger charge is -2.09. The highest BCUT2D eigenvalue weighted by Gasteiger charge is 2.18. The minimum absolute atomic E-state index is 0.0834. The zero-order valence-corrected chi connectivity index (χ0v) is 6.97. The average Bonchev–Trinajstić information content (AvgIpc) is 2.13. The van der Waals surface area contributed by atoms with E-state index in [9.17, 15) is 4.79 Å². The Kier molecular flexibility index (Phi) is 2.88. The lowest BCUT2D eigenvalue weighted by Crippen LogP contribution is -2.40. The van der Waals surface area contributed by atoms with Crippen LogP contribution in [0.3, 0.4) is 0 Å². The van der Waals surface area contributed by atoms with E-state index in [2.05, 4.69) is 12.2 Å². The second kappa shape index (κ2) is 3.72. The first kappa shape index (κ1) is 8.53. The fourth-order valence-electron chi connectivity index (χ4n) is 1.44. The Hall–Kier alpha value is -0.570. The molecule has 0 aromatic carbocycles. The Bertz CT molecular complexity index is 147. The minimum Gasteiger partial charge on any atom is -0.368 e. The van der Waals surface area contributed by atoms with Gasteiger partial charge in [-0.1, -0.05) is 6.92 Å². The van der Waals surface area contributed by atoms with Crippen LogP contribution < -0.4 is 11.1 Å². The van der Waals surface area contributed by atoms with Crippen LogP contribution in [-0.2, 0) is 4.79 Å². The second-order valence-electron chi connectivity index (χ2n) is 3.38. The lowest BCUT2D eigenvalue weighted by atomic mass is 10.0. The molecule has 2 atom stereocenters. The summed E-state index contributed by atoms with van der Waals surface area (Å²) in [6.07, 6.45) is 3.17. The van der Waals surface area contributed by atoms with Gasteiger partial charge in [0, 0.05) is 0 Å². The molecule has 0 radical (unpaired) electrons. The summed E-state index contributed by atoms with van der Waals surface area (Å²) in [7, 11) is 0. The third-order valence-electron chi connectivity index (χ3n) is 2.32. The standard InChI is InChI=1S/C8H16N2O/c1-6-2-3-7(8(9)11)10-5-4-6/h6-7,10H,2-5H2,1H3,(H2,9,11). The van der Waals surface area contributed by atoms with E-state index in [1.54, 1.807) is 0 Å². The number of hydrogen-bond donors (Lipinski definition) is 2. The molecule has 1 aliphatic rings. The molecule has 1 saturated heterocycles. The van der Waals surface area contributed by atoms with Gasteiger partial charge < -0.3 is 11.1 Å². The van der Waals surface area contributed by atoms with Gasteiger partial charge in [-0.2, -0.15) is 0 Å². The number of carbonyl (C=O) groups excluding carboxylic acids is 1. The molecule has 64 valence electrons. The molecule has 2 unspecified atom stereocenters. The van der Waals surface area contributed by atoms with Crippen LogP contribution >= 0.6 is 0 Å². The van der Waals surface area contributed by atoms with Crippen LogP contribution in [0.4, 0.5) is 0 Å². The highest BCUT2D eigenvalue weighted by molar-refractivity contribution is 5.79. The molecule has 0 saturated carbocycles. The number of carbonyl (C=O) groups is 1. The highest BCUT2D eigenvalue weighted by Crippen LogP contribution is 2.14. The first-order valence-electron chi connectivity index (χ1n) is 4.23. The molecule has 1 fully saturated rings. The summed E-state index contributed by atoms with van der Waals surface area (Å²) in [6.45, 7) is 3.14. The largest absolute Gasteiger partial charge is 0.368 e. The van der Waals surface area contributed by atoms with Crippen LogP contribution in [0.25, 0.3) is 0 Å². The van der Waals surface area contributed by atoms with Crippen LogP contribution in [0.15, 0.2) is 0 Å². The molecule has 0 aromatic heterocycles. The smallest absolute Gasteiger partial charge is 0.234 e. The van der Waals surface area contributed by atoms with E-state index in [0.29, 0.717) is 0 Å². The molecule has 3 N–H and O–H groups in total. The van der Waals surface area contributed by atoms with Gasteiger partial charge in [0.1, 0.15) is 0 Å². The van der Waals surface area contributed by atoms with Gasteiger partial charge in [0.2, 0.25) is 5.91 Å². The number of nitrogens with one attached hydrogen (secondary N) is 1. The molecule has 0 aliphatic carbocycles. The number of amides is 1. The third kappa shape index (κ3) is 2.50. The molecular weight excluding hydrogens is 140 g/mol. The van der Waals surface area contributed by atoms with Gasteiger partial charge in [-0.05, 0) is 31.7 Å². The van der Waals surface area contributed by atoms with Crippen molar-refractivity contribution >= 4 is 5.91 Å². The van der Waals surface area contributed by atoms with E-state index in [-0.39, 0.29) is 11.9 Å². The maximum absolute atomic E-state index is 10.8. The Morgan fingerprint density at radius 2 is 2.18 bits per heavy atom. The van der Waals surface area contributed by atoms with Crippen molar-refractivity contribution in [3.8, 4) is 0 Å². The van der Waals surface area contributed by atoms with E-state index >= 15 is 0 Å². The third-order valence-corrected chi connectivity index (χ3v) is 2.32. The van der Waals surface area contributed by atoms with E-state index in [0.717, 1.165) is 31.7 Å². The van der Waals surface area contributed by atoms with Crippen molar-refractivity contribution in [2.75, 3.05) is 6.54 Å². The van der Waals surface area contributed by atoms with Crippen LogP contribution in [0.1, 0.15) is 26.2 Å². The van der Waals surface area contributed by atoms with Gasteiger partial charge in [0.05, 0.1) is 6.04 Å². The Balaban J connectivity index is 2.40. The summed E-state index contributed by atoms with van der Waals surface area (Å²) in [4.78, 5) is 10.8. The number of hydrogen-bond acceptors (Lipinski definition) is 2. The molecular formula is C8H16N2O. The maximum Gasteiger partial charge on any atom is 0.234 e. The van der Waals surface area contributed by atoms with E-state index in [1.165, 1.54) is 0 Å². The maximum atomic E-state index is 10.8. The predicted octanol–water partition coefficient (Wildman–Crippen LogP) is 0.250. The predicted molar refractivity (Wildman–Crippen MR) is 44.0 cm³/mol. The van der Waals surface area contributed by atoms with Crippen LogP contribution in [0.5, 0.6) is 0 Å². The van der Waals surface area contributed by atoms with Gasteiger partial charge in [0.15, 0.2) is 0 Å². The number of rotatable bonds is 1. The first-order valence-corrected chi connectivity index (χ1v) is 4.23. The van der Waals surface area contributed by atoms with E-state index < -0.39 is 0 Å². The van der Waals surface area contributed by atoms with Crippen molar-refractivity contribution in [2.45, 2.75) is 32.2 Å². The second-order valence-corrected chi connectivity index (χ2v) is 3.38. The van der Waals surface area contributed by atoms with E-state index in [4.69, 9.17) is 5.73 Å². The molecule has 0 spiro atoms. The van der Waals surface area contributed by atoms with Crippen molar-refractivity contribution in [3.63, 3.8) is 0 Å². The SMILES string of the molecule is CC1CCNC(C(N)=O)CC1. The molecule has 1 rings (SSSR count). The normalized spacial score (nSPS) is 32.8. The summed E-state index contributed by atoms with van der Waals surface area (Å²) in [5.41, 5.74) is 5.18. The number of primary amides is 1. The van der Waals surface area contributed by atoms with Crippen LogP contribution in [0.2, 0.25) is 0 Å². The van der Waals surface area contributed by atoms with Crippen molar-refractivity contribution in [2.24, 2.45) is 11.7 Å². The fraction of sp³-hybridized carbons (Fsp3) is 0.875. The topological polar surface area (TPSA) is 55.1 Å². The quantitative estimate of drug-likeness (QED) is 0.571. The number of nitrogens with two attached hydrogens (primary N) is 1. The van der Waals surface area contributed by atoms with Gasteiger partial charge in [0.25, 0.3) is 0 Å². The Labute approximate surface area is 67.3 Å². The molecule has 0 bridgehead atoms. The molecule has 3 heteroatoms. The van der Waals surface area contributed by atoms with Crippen LogP contribution in [0, 0.1) is 5.92 Å². The van der Waals surface area contributed by atoms with Crippen LogP contribution in [-0.4, -0.2) is 18.5 Å². The monoisotopic (exact) mass is 156 g/mol. The van der Waals surface area contributed by atoms with Crippen molar-refractivity contribution in [1.29, 1.82) is 0 Å². The fourth-order valence-corrected chi connectivity index (χ4v) is 1.44. The zero-order valence-electron chi connectivity index (χ0n) is 6.97. The Morgan fingerprint density at radius 3 is 2.82 bits per heavy atom. The van der Waals surface area contributed by atoms with Crippen molar-refractivity contribution in [1.82, 2.24) is 5.32 Å². The summed E-state index contributed by atoms with van der Waals surface area (Å²) < 4.78 is 0. The molecule has 11 heavy (non-hydrogen) atoms. The molecule has 1 amide bonds. The molecule has 0 aromatic rings. The molecule has 1 aliphatic heterocycles. The zero-order chi connectivity index (χ0) is 8.27. The van der Waals surface area contributed by atoms with Gasteiger partial charge in [-0.3, -0.25) is 4.79 Å². The highest BCUT2D eigenvalue weighted by atomic mass is 16.1. The van der Waals surface area contributed by atoms with Gasteiger partial charge in [-0.15, -0.1) is 0 Å². The summed E-state index contributed by atoms with van der Waals surface area (Å²) in [6, 6.07) is -0.0834. The summed E-state index contributed by atoms with van der Waals surface area (Å²) in [5, 5.41) is 3.14. The molecule has 3 nitrogen and oxygen atoms in total. The van der Waals surface area contributed by atoms with E-state index in [1.807, 2.05) is 0 Å². The minimum atomic E-state index is -0.209. The summed E-state index contributed by atoms with van der Waals surface area (Å²) >= 11 is 0. The first-order chi connectivity index (χ1) is 5.20. The lowest BCUT2D eigenvalue weighted by molar-refractivity contribution is -0.120. The average molecular weight is 156 g/mol.